The Morgan fingerprint density at radius 3 is 2.84 bits per heavy atom. The van der Waals surface area contributed by atoms with Crippen molar-refractivity contribution >= 4 is 23.2 Å². The second-order valence-corrected chi connectivity index (χ2v) is 5.01. The molecule has 2 rings (SSSR count). The molecule has 6 heteroatoms. The molecule has 4 N–H and O–H groups in total. The Labute approximate surface area is 118 Å². The van der Waals surface area contributed by atoms with Crippen molar-refractivity contribution in [2.45, 2.75) is 0 Å². The first-order valence-electron chi connectivity index (χ1n) is 6.43. The number of hydrogen-bond donors (Lipinski definition) is 3. The van der Waals surface area contributed by atoms with E-state index in [0.717, 1.165) is 39.3 Å². The highest BCUT2D eigenvalue weighted by Crippen LogP contribution is 2.20. The molecule has 1 aliphatic heterocycles. The molecule has 0 unspecified atom stereocenters. The van der Waals surface area contributed by atoms with Crippen LogP contribution in [0.1, 0.15) is 10.4 Å². The topological polar surface area (TPSA) is 70.4 Å². The molecular formula is C13H19ClN4O. The molecule has 1 aliphatic rings. The van der Waals surface area contributed by atoms with Crippen LogP contribution in [0.2, 0.25) is 5.02 Å². The van der Waals surface area contributed by atoms with Gasteiger partial charge in [0.1, 0.15) is 0 Å². The third kappa shape index (κ3) is 4.09. The van der Waals surface area contributed by atoms with Gasteiger partial charge in [0, 0.05) is 50.0 Å². The standard InChI is InChI=1S/C13H19ClN4O/c14-10-1-2-11(13(15)19)12(9-10)17-5-8-18-6-3-16-4-7-18/h1-2,9,16-17H,3-8H2,(H2,15,19). The minimum Gasteiger partial charge on any atom is -0.383 e. The maximum Gasteiger partial charge on any atom is 0.250 e. The maximum atomic E-state index is 11.3. The number of piperazine rings is 1. The number of carbonyl (C=O) groups excluding carboxylic acids is 1. The van der Waals surface area contributed by atoms with Crippen molar-refractivity contribution in [2.24, 2.45) is 5.73 Å². The monoisotopic (exact) mass is 282 g/mol. The Balaban J connectivity index is 1.91. The van der Waals surface area contributed by atoms with Gasteiger partial charge in [0.2, 0.25) is 0 Å². The maximum absolute atomic E-state index is 11.3. The van der Waals surface area contributed by atoms with E-state index < -0.39 is 5.91 Å². The zero-order valence-corrected chi connectivity index (χ0v) is 11.5. The summed E-state index contributed by atoms with van der Waals surface area (Å²) in [7, 11) is 0. The van der Waals surface area contributed by atoms with Gasteiger partial charge in [-0.15, -0.1) is 0 Å². The third-order valence-electron chi connectivity index (χ3n) is 3.20. The van der Waals surface area contributed by atoms with Crippen molar-refractivity contribution in [3.8, 4) is 0 Å². The quantitative estimate of drug-likeness (QED) is 0.746. The molecule has 0 spiro atoms. The van der Waals surface area contributed by atoms with Gasteiger partial charge in [0.05, 0.1) is 5.56 Å². The van der Waals surface area contributed by atoms with Gasteiger partial charge in [-0.3, -0.25) is 9.69 Å². The third-order valence-corrected chi connectivity index (χ3v) is 3.44. The van der Waals surface area contributed by atoms with E-state index in [0.29, 0.717) is 16.3 Å². The highest BCUT2D eigenvalue weighted by atomic mass is 35.5. The first kappa shape index (κ1) is 14.1. The Hall–Kier alpha value is -1.30. The van der Waals surface area contributed by atoms with Crippen molar-refractivity contribution in [1.29, 1.82) is 0 Å². The van der Waals surface area contributed by atoms with E-state index in [1.54, 1.807) is 18.2 Å². The summed E-state index contributed by atoms with van der Waals surface area (Å²) in [4.78, 5) is 13.7. The Kier molecular flexibility index (Phi) is 5.01. The van der Waals surface area contributed by atoms with Gasteiger partial charge in [-0.05, 0) is 18.2 Å². The first-order valence-corrected chi connectivity index (χ1v) is 6.81. The number of nitrogens with zero attached hydrogens (tertiary/aromatic N) is 1. The molecule has 104 valence electrons. The van der Waals surface area contributed by atoms with Gasteiger partial charge in [0.25, 0.3) is 5.91 Å². The highest BCUT2D eigenvalue weighted by Gasteiger charge is 2.11. The van der Waals surface area contributed by atoms with Crippen LogP contribution in [0.15, 0.2) is 18.2 Å². The number of halogens is 1. The molecule has 19 heavy (non-hydrogen) atoms. The summed E-state index contributed by atoms with van der Waals surface area (Å²) in [5.41, 5.74) is 6.52. The average Bonchev–Trinajstić information content (AvgIpc) is 2.39. The van der Waals surface area contributed by atoms with Crippen LogP contribution in [-0.4, -0.2) is 50.1 Å². The number of primary amides is 1. The molecule has 1 fully saturated rings. The second kappa shape index (κ2) is 6.75. The number of anilines is 1. The normalized spacial score (nSPS) is 16.3. The predicted molar refractivity (Wildman–Crippen MR) is 77.8 cm³/mol. The summed E-state index contributed by atoms with van der Waals surface area (Å²) in [6.45, 7) is 5.88. The van der Waals surface area contributed by atoms with Crippen LogP contribution in [0.3, 0.4) is 0 Å². The van der Waals surface area contributed by atoms with E-state index >= 15 is 0 Å². The van der Waals surface area contributed by atoms with Gasteiger partial charge >= 0.3 is 0 Å². The van der Waals surface area contributed by atoms with Crippen LogP contribution >= 0.6 is 11.6 Å². The fourth-order valence-corrected chi connectivity index (χ4v) is 2.33. The molecule has 0 atom stereocenters. The van der Waals surface area contributed by atoms with Crippen molar-refractivity contribution in [3.05, 3.63) is 28.8 Å². The van der Waals surface area contributed by atoms with Crippen LogP contribution in [0, 0.1) is 0 Å². The van der Waals surface area contributed by atoms with E-state index in [-0.39, 0.29) is 0 Å². The molecule has 1 aromatic carbocycles. The Bertz CT molecular complexity index is 446. The van der Waals surface area contributed by atoms with Gasteiger partial charge in [-0.1, -0.05) is 11.6 Å². The molecule has 0 bridgehead atoms. The number of nitrogens with one attached hydrogen (secondary N) is 2. The van der Waals surface area contributed by atoms with Crippen LogP contribution in [0.25, 0.3) is 0 Å². The summed E-state index contributed by atoms with van der Waals surface area (Å²) in [5.74, 6) is -0.443. The Morgan fingerprint density at radius 2 is 2.16 bits per heavy atom. The van der Waals surface area contributed by atoms with Crippen molar-refractivity contribution in [2.75, 3.05) is 44.6 Å². The molecule has 0 radical (unpaired) electrons. The summed E-state index contributed by atoms with van der Waals surface area (Å²) in [6, 6.07) is 5.06. The number of amides is 1. The molecular weight excluding hydrogens is 264 g/mol. The van der Waals surface area contributed by atoms with Gasteiger partial charge in [-0.2, -0.15) is 0 Å². The average molecular weight is 283 g/mol. The zero-order chi connectivity index (χ0) is 13.7. The summed E-state index contributed by atoms with van der Waals surface area (Å²) in [6.07, 6.45) is 0. The summed E-state index contributed by atoms with van der Waals surface area (Å²) in [5, 5.41) is 7.14. The SMILES string of the molecule is NC(=O)c1ccc(Cl)cc1NCCN1CCNCC1. The van der Waals surface area contributed by atoms with Crippen LogP contribution in [0.4, 0.5) is 5.69 Å². The number of benzene rings is 1. The van der Waals surface area contributed by atoms with E-state index in [4.69, 9.17) is 17.3 Å². The lowest BCUT2D eigenvalue weighted by Crippen LogP contribution is -2.45. The fraction of sp³-hybridized carbons (Fsp3) is 0.462. The zero-order valence-electron chi connectivity index (χ0n) is 10.8. The molecule has 1 aromatic rings. The minimum absolute atomic E-state index is 0.443. The second-order valence-electron chi connectivity index (χ2n) is 4.57. The number of rotatable bonds is 5. The van der Waals surface area contributed by atoms with Crippen molar-refractivity contribution in [1.82, 2.24) is 10.2 Å². The van der Waals surface area contributed by atoms with E-state index in [1.165, 1.54) is 0 Å². The Morgan fingerprint density at radius 1 is 1.42 bits per heavy atom. The molecule has 0 aromatic heterocycles. The highest BCUT2D eigenvalue weighted by molar-refractivity contribution is 6.31. The lowest BCUT2D eigenvalue weighted by Gasteiger charge is -2.27. The molecule has 0 saturated carbocycles. The summed E-state index contributed by atoms with van der Waals surface area (Å²) < 4.78 is 0. The van der Waals surface area contributed by atoms with Crippen molar-refractivity contribution in [3.63, 3.8) is 0 Å². The summed E-state index contributed by atoms with van der Waals surface area (Å²) >= 11 is 5.94. The number of hydrogen-bond acceptors (Lipinski definition) is 4. The van der Waals surface area contributed by atoms with E-state index in [9.17, 15) is 4.79 Å². The fourth-order valence-electron chi connectivity index (χ4n) is 2.16. The number of carbonyl (C=O) groups is 1. The minimum atomic E-state index is -0.443. The molecule has 5 nitrogen and oxygen atoms in total. The van der Waals surface area contributed by atoms with Crippen LogP contribution < -0.4 is 16.4 Å². The van der Waals surface area contributed by atoms with Crippen LogP contribution in [0.5, 0.6) is 0 Å². The van der Waals surface area contributed by atoms with Gasteiger partial charge in [0.15, 0.2) is 0 Å². The predicted octanol–water partition coefficient (Wildman–Crippen LogP) is 0.756. The van der Waals surface area contributed by atoms with Crippen LogP contribution in [-0.2, 0) is 0 Å². The van der Waals surface area contributed by atoms with E-state index in [2.05, 4.69) is 15.5 Å². The van der Waals surface area contributed by atoms with Gasteiger partial charge < -0.3 is 16.4 Å². The lowest BCUT2D eigenvalue weighted by molar-refractivity contribution is 0.100. The first-order chi connectivity index (χ1) is 9.16. The number of nitrogens with two attached hydrogens (primary N) is 1. The smallest absolute Gasteiger partial charge is 0.250 e. The lowest BCUT2D eigenvalue weighted by atomic mass is 10.1. The molecule has 1 saturated heterocycles. The molecule has 0 aliphatic carbocycles. The van der Waals surface area contributed by atoms with E-state index in [1.807, 2.05) is 0 Å². The molecule has 1 amide bonds. The molecule has 1 heterocycles. The largest absolute Gasteiger partial charge is 0.383 e. The van der Waals surface area contributed by atoms with Gasteiger partial charge in [-0.25, -0.2) is 0 Å². The van der Waals surface area contributed by atoms with Crippen molar-refractivity contribution < 1.29 is 4.79 Å².